The zero-order valence-corrected chi connectivity index (χ0v) is 15.9. The Bertz CT molecular complexity index is 1060. The third-order valence-electron chi connectivity index (χ3n) is 4.99. The lowest BCUT2D eigenvalue weighted by molar-refractivity contribution is -0.0511. The monoisotopic (exact) mass is 419 g/mol. The van der Waals surface area contributed by atoms with Gasteiger partial charge < -0.3 is 40.3 Å². The highest BCUT2D eigenvalue weighted by atomic mass is 16.6. The molecule has 0 bridgehead atoms. The van der Waals surface area contributed by atoms with Crippen molar-refractivity contribution >= 4 is 17.0 Å². The number of nitrogens with one attached hydrogen (secondary N) is 1. The lowest BCUT2D eigenvalue weighted by atomic mass is 10.1. The van der Waals surface area contributed by atoms with E-state index in [2.05, 4.69) is 20.3 Å². The van der Waals surface area contributed by atoms with Gasteiger partial charge in [0.1, 0.15) is 24.6 Å². The van der Waals surface area contributed by atoms with Gasteiger partial charge in [-0.15, -0.1) is 0 Å². The quantitative estimate of drug-likeness (QED) is 0.283. The summed E-state index contributed by atoms with van der Waals surface area (Å²) in [6.07, 6.45) is -1.70. The van der Waals surface area contributed by atoms with Gasteiger partial charge in [0.2, 0.25) is 5.75 Å². The number of anilines is 1. The Balaban J connectivity index is 1.61. The van der Waals surface area contributed by atoms with Crippen LogP contribution in [-0.2, 0) is 11.3 Å². The van der Waals surface area contributed by atoms with Crippen LogP contribution in [0.15, 0.2) is 24.8 Å². The van der Waals surface area contributed by atoms with Crippen molar-refractivity contribution in [3.8, 4) is 17.2 Å². The summed E-state index contributed by atoms with van der Waals surface area (Å²) in [5.74, 6) is -0.152. The summed E-state index contributed by atoms with van der Waals surface area (Å²) < 4.78 is 12.1. The van der Waals surface area contributed by atoms with Crippen LogP contribution in [0.3, 0.4) is 0 Å². The molecule has 1 aliphatic heterocycles. The topological polar surface area (TPSA) is 175 Å². The minimum absolute atomic E-state index is 0.129. The number of fused-ring (bicyclic) bond motifs is 1. The van der Waals surface area contributed by atoms with E-state index in [4.69, 9.17) is 9.47 Å². The highest BCUT2D eigenvalue weighted by molar-refractivity contribution is 5.82. The normalized spacial score (nSPS) is 23.7. The average molecular weight is 419 g/mol. The van der Waals surface area contributed by atoms with E-state index in [1.807, 2.05) is 0 Å². The molecule has 1 aliphatic rings. The molecule has 3 aromatic rings. The highest BCUT2D eigenvalue weighted by Crippen LogP contribution is 2.38. The number of aliphatic hydroxyl groups is 3. The standard InChI is InChI=1S/C18H21N5O7/c1-29-15-8(2-3-9(25)12(15)26)4-19-16-11-17(21-6-20-16)23(7-22-11)18-14(28)13(27)10(5-24)30-18/h2-3,6-7,10,13-14,18,24-28H,4-5H2,1H3,(H,19,20,21)/t10-,13-,14-,18-/m1/s1. The molecule has 4 rings (SSSR count). The van der Waals surface area contributed by atoms with Gasteiger partial charge in [-0.3, -0.25) is 4.57 Å². The van der Waals surface area contributed by atoms with Crippen molar-refractivity contribution in [2.75, 3.05) is 19.0 Å². The molecule has 0 radical (unpaired) electrons. The first-order valence-electron chi connectivity index (χ1n) is 9.08. The summed E-state index contributed by atoms with van der Waals surface area (Å²) in [7, 11) is 1.38. The SMILES string of the molecule is COc1c(CNc2ncnc3c2ncn3[C@@H]2O[C@H](CO)[C@@H](O)[C@H]2O)ccc(O)c1O. The molecular formula is C18H21N5O7. The Labute approximate surface area is 170 Å². The second-order valence-corrected chi connectivity index (χ2v) is 6.75. The molecule has 6 N–H and O–H groups in total. The van der Waals surface area contributed by atoms with Gasteiger partial charge in [0, 0.05) is 12.1 Å². The Hall–Kier alpha value is -3.19. The molecule has 1 aromatic carbocycles. The number of rotatable bonds is 6. The maximum absolute atomic E-state index is 10.3. The predicted molar refractivity (Wildman–Crippen MR) is 102 cm³/mol. The van der Waals surface area contributed by atoms with E-state index in [1.54, 1.807) is 6.07 Å². The zero-order chi connectivity index (χ0) is 21.4. The number of nitrogens with zero attached hydrogens (tertiary/aromatic N) is 4. The number of ether oxygens (including phenoxy) is 2. The van der Waals surface area contributed by atoms with Gasteiger partial charge in [0.05, 0.1) is 20.0 Å². The first-order valence-corrected chi connectivity index (χ1v) is 9.08. The predicted octanol–water partition coefficient (Wildman–Crippen LogP) is -0.530. The van der Waals surface area contributed by atoms with Crippen molar-refractivity contribution in [3.63, 3.8) is 0 Å². The number of phenols is 2. The fraction of sp³-hybridized carbons (Fsp3) is 0.389. The molecule has 1 saturated heterocycles. The van der Waals surface area contributed by atoms with E-state index >= 15 is 0 Å². The Morgan fingerprint density at radius 1 is 1.17 bits per heavy atom. The van der Waals surface area contributed by atoms with Gasteiger partial charge >= 0.3 is 0 Å². The third-order valence-corrected chi connectivity index (χ3v) is 4.99. The van der Waals surface area contributed by atoms with Crippen LogP contribution >= 0.6 is 0 Å². The Morgan fingerprint density at radius 2 is 1.97 bits per heavy atom. The fourth-order valence-electron chi connectivity index (χ4n) is 3.43. The van der Waals surface area contributed by atoms with Crippen molar-refractivity contribution in [2.45, 2.75) is 31.1 Å². The van der Waals surface area contributed by atoms with Crippen molar-refractivity contribution in [3.05, 3.63) is 30.4 Å². The van der Waals surface area contributed by atoms with Crippen molar-refractivity contribution in [2.24, 2.45) is 0 Å². The van der Waals surface area contributed by atoms with E-state index in [0.29, 0.717) is 22.5 Å². The van der Waals surface area contributed by atoms with Crippen molar-refractivity contribution < 1.29 is 35.0 Å². The third kappa shape index (κ3) is 3.25. The number of benzene rings is 1. The zero-order valence-electron chi connectivity index (χ0n) is 15.9. The summed E-state index contributed by atoms with van der Waals surface area (Å²) in [6, 6.07) is 2.94. The number of aliphatic hydroxyl groups excluding tert-OH is 3. The highest BCUT2D eigenvalue weighted by Gasteiger charge is 2.44. The lowest BCUT2D eigenvalue weighted by Gasteiger charge is -2.16. The van der Waals surface area contributed by atoms with Gasteiger partial charge in [0.15, 0.2) is 34.7 Å². The molecule has 0 aliphatic carbocycles. The number of hydrogen-bond acceptors (Lipinski definition) is 11. The minimum Gasteiger partial charge on any atom is -0.504 e. The Kier molecular flexibility index (Phi) is 5.30. The molecule has 0 spiro atoms. The molecule has 12 heteroatoms. The van der Waals surface area contributed by atoms with E-state index in [1.165, 1.54) is 30.4 Å². The van der Waals surface area contributed by atoms with Gasteiger partial charge in [-0.05, 0) is 12.1 Å². The minimum atomic E-state index is -1.27. The van der Waals surface area contributed by atoms with Crippen LogP contribution in [0, 0.1) is 0 Å². The van der Waals surface area contributed by atoms with Crippen LogP contribution in [0.2, 0.25) is 0 Å². The molecule has 0 amide bonds. The van der Waals surface area contributed by atoms with Crippen molar-refractivity contribution in [1.82, 2.24) is 19.5 Å². The van der Waals surface area contributed by atoms with Crippen LogP contribution in [0.1, 0.15) is 11.8 Å². The molecule has 0 unspecified atom stereocenters. The van der Waals surface area contributed by atoms with E-state index in [-0.39, 0.29) is 23.8 Å². The van der Waals surface area contributed by atoms with E-state index in [0.717, 1.165) is 0 Å². The average Bonchev–Trinajstić information content (AvgIpc) is 3.30. The maximum Gasteiger partial charge on any atom is 0.200 e. The number of methoxy groups -OCH3 is 1. The lowest BCUT2D eigenvalue weighted by Crippen LogP contribution is -2.33. The second-order valence-electron chi connectivity index (χ2n) is 6.75. The van der Waals surface area contributed by atoms with Crippen LogP contribution in [0.5, 0.6) is 17.2 Å². The molecule has 1 fully saturated rings. The summed E-state index contributed by atoms with van der Waals surface area (Å²) in [5.41, 5.74) is 1.31. The van der Waals surface area contributed by atoms with Crippen LogP contribution in [0.25, 0.3) is 11.2 Å². The molecule has 3 heterocycles. The summed E-state index contributed by atoms with van der Waals surface area (Å²) in [5, 5.41) is 52.2. The molecule has 4 atom stereocenters. The van der Waals surface area contributed by atoms with Crippen LogP contribution < -0.4 is 10.1 Å². The number of aromatic hydroxyl groups is 2. The van der Waals surface area contributed by atoms with E-state index < -0.39 is 31.1 Å². The summed E-state index contributed by atoms with van der Waals surface area (Å²) in [4.78, 5) is 12.6. The summed E-state index contributed by atoms with van der Waals surface area (Å²) >= 11 is 0. The van der Waals surface area contributed by atoms with E-state index in [9.17, 15) is 25.5 Å². The molecule has 30 heavy (non-hydrogen) atoms. The molecule has 12 nitrogen and oxygen atoms in total. The number of hydrogen-bond donors (Lipinski definition) is 6. The summed E-state index contributed by atoms with van der Waals surface area (Å²) in [6.45, 7) is -0.242. The van der Waals surface area contributed by atoms with Gasteiger partial charge in [0.25, 0.3) is 0 Å². The number of imidazole rings is 1. The molecule has 0 saturated carbocycles. The number of phenolic OH excluding ortho intramolecular Hbond substituents is 2. The van der Waals surface area contributed by atoms with Crippen LogP contribution in [0.4, 0.5) is 5.82 Å². The van der Waals surface area contributed by atoms with Crippen molar-refractivity contribution in [1.29, 1.82) is 0 Å². The Morgan fingerprint density at radius 3 is 2.67 bits per heavy atom. The molecular weight excluding hydrogens is 398 g/mol. The maximum atomic E-state index is 10.3. The first kappa shape index (κ1) is 20.1. The molecule has 160 valence electrons. The smallest absolute Gasteiger partial charge is 0.200 e. The van der Waals surface area contributed by atoms with Gasteiger partial charge in [-0.1, -0.05) is 0 Å². The number of aromatic nitrogens is 4. The first-order chi connectivity index (χ1) is 14.5. The second kappa shape index (κ2) is 7.91. The van der Waals surface area contributed by atoms with Gasteiger partial charge in [-0.25, -0.2) is 15.0 Å². The fourth-order valence-corrected chi connectivity index (χ4v) is 3.43. The largest absolute Gasteiger partial charge is 0.504 e. The van der Waals surface area contributed by atoms with Gasteiger partial charge in [-0.2, -0.15) is 0 Å². The van der Waals surface area contributed by atoms with Crippen LogP contribution in [-0.4, -0.2) is 77.1 Å². The molecule has 2 aromatic heterocycles.